The van der Waals surface area contributed by atoms with Crippen LogP contribution in [-0.4, -0.2) is 27.9 Å². The van der Waals surface area contributed by atoms with Gasteiger partial charge in [0.1, 0.15) is 12.1 Å². The van der Waals surface area contributed by atoms with Gasteiger partial charge in [-0.1, -0.05) is 15.9 Å². The minimum absolute atomic E-state index is 0.666. The second-order valence-corrected chi connectivity index (χ2v) is 5.51. The summed E-state index contributed by atoms with van der Waals surface area (Å²) in [6.07, 6.45) is 5.75. The number of piperidine rings is 1. The highest BCUT2D eigenvalue weighted by atomic mass is 79.9. The van der Waals surface area contributed by atoms with E-state index in [1.165, 1.54) is 12.8 Å². The lowest BCUT2D eigenvalue weighted by Crippen LogP contribution is -2.34. The molecule has 1 saturated heterocycles. The average molecular weight is 321 g/mol. The Hall–Kier alpha value is -0.160. The van der Waals surface area contributed by atoms with Crippen LogP contribution in [0.5, 0.6) is 0 Å². The second kappa shape index (κ2) is 4.57. The molecule has 76 valence electrons. The van der Waals surface area contributed by atoms with Crippen LogP contribution in [0.15, 0.2) is 17.0 Å². The largest absolute Gasteiger partial charge is 0.356 e. The lowest BCUT2D eigenvalue weighted by molar-refractivity contribution is 0.591. The molecule has 0 bridgehead atoms. The first-order chi connectivity index (χ1) is 6.77. The number of halogens is 2. The SMILES string of the molecule is Brc1cncnc1N1CCC(Br)CC1. The van der Waals surface area contributed by atoms with Gasteiger partial charge in [-0.3, -0.25) is 0 Å². The lowest BCUT2D eigenvalue weighted by atomic mass is 10.1. The van der Waals surface area contributed by atoms with Crippen LogP contribution in [0.2, 0.25) is 0 Å². The van der Waals surface area contributed by atoms with Crippen molar-refractivity contribution in [3.63, 3.8) is 0 Å². The highest BCUT2D eigenvalue weighted by Gasteiger charge is 2.19. The van der Waals surface area contributed by atoms with Gasteiger partial charge in [0.25, 0.3) is 0 Å². The van der Waals surface area contributed by atoms with E-state index in [0.29, 0.717) is 4.83 Å². The molecule has 0 radical (unpaired) electrons. The number of alkyl halides is 1. The van der Waals surface area contributed by atoms with Crippen molar-refractivity contribution >= 4 is 37.7 Å². The van der Waals surface area contributed by atoms with Gasteiger partial charge in [-0.05, 0) is 28.8 Å². The van der Waals surface area contributed by atoms with Crippen molar-refractivity contribution in [3.8, 4) is 0 Å². The minimum atomic E-state index is 0.666. The molecular formula is C9H11Br2N3. The fraction of sp³-hybridized carbons (Fsp3) is 0.556. The molecule has 2 heterocycles. The Morgan fingerprint density at radius 2 is 2.07 bits per heavy atom. The van der Waals surface area contributed by atoms with Crippen LogP contribution < -0.4 is 4.90 Å². The number of aromatic nitrogens is 2. The third-order valence-electron chi connectivity index (χ3n) is 2.37. The van der Waals surface area contributed by atoms with Gasteiger partial charge in [-0.2, -0.15) is 0 Å². The Bertz CT molecular complexity index is 311. The Balaban J connectivity index is 2.12. The van der Waals surface area contributed by atoms with Crippen LogP contribution in [0.1, 0.15) is 12.8 Å². The van der Waals surface area contributed by atoms with Crippen LogP contribution in [0.4, 0.5) is 5.82 Å². The number of hydrogen-bond donors (Lipinski definition) is 0. The quantitative estimate of drug-likeness (QED) is 0.745. The highest BCUT2D eigenvalue weighted by molar-refractivity contribution is 9.10. The van der Waals surface area contributed by atoms with Gasteiger partial charge >= 0.3 is 0 Å². The van der Waals surface area contributed by atoms with Crippen molar-refractivity contribution in [2.75, 3.05) is 18.0 Å². The van der Waals surface area contributed by atoms with Gasteiger partial charge in [0.15, 0.2) is 0 Å². The molecule has 1 aromatic rings. The summed E-state index contributed by atoms with van der Waals surface area (Å²) in [5.74, 6) is 1.01. The smallest absolute Gasteiger partial charge is 0.146 e. The van der Waals surface area contributed by atoms with E-state index in [4.69, 9.17) is 0 Å². The lowest BCUT2D eigenvalue weighted by Gasteiger charge is -2.30. The van der Waals surface area contributed by atoms with E-state index < -0.39 is 0 Å². The molecule has 0 N–H and O–H groups in total. The van der Waals surface area contributed by atoms with Gasteiger partial charge in [0.05, 0.1) is 4.47 Å². The van der Waals surface area contributed by atoms with Crippen molar-refractivity contribution in [1.82, 2.24) is 9.97 Å². The molecule has 3 nitrogen and oxygen atoms in total. The molecular weight excluding hydrogens is 310 g/mol. The summed E-state index contributed by atoms with van der Waals surface area (Å²) in [5, 5.41) is 0. The third-order valence-corrected chi connectivity index (χ3v) is 3.85. The summed E-state index contributed by atoms with van der Waals surface area (Å²) in [6.45, 7) is 2.12. The van der Waals surface area contributed by atoms with E-state index in [-0.39, 0.29) is 0 Å². The van der Waals surface area contributed by atoms with Crippen LogP contribution in [0.25, 0.3) is 0 Å². The molecule has 1 aliphatic heterocycles. The Kier molecular flexibility index (Phi) is 3.38. The maximum atomic E-state index is 4.28. The first-order valence-electron chi connectivity index (χ1n) is 4.62. The number of anilines is 1. The van der Waals surface area contributed by atoms with E-state index in [9.17, 15) is 0 Å². The first kappa shape index (κ1) is 10.4. The Morgan fingerprint density at radius 1 is 1.36 bits per heavy atom. The summed E-state index contributed by atoms with van der Waals surface area (Å²) in [5.41, 5.74) is 0. The molecule has 1 aromatic heterocycles. The summed E-state index contributed by atoms with van der Waals surface area (Å²) < 4.78 is 0.980. The molecule has 2 rings (SSSR count). The molecule has 5 heteroatoms. The van der Waals surface area contributed by atoms with Crippen LogP contribution in [0.3, 0.4) is 0 Å². The van der Waals surface area contributed by atoms with Gasteiger partial charge in [0, 0.05) is 24.1 Å². The molecule has 14 heavy (non-hydrogen) atoms. The molecule has 0 aromatic carbocycles. The maximum Gasteiger partial charge on any atom is 0.146 e. The molecule has 0 aliphatic carbocycles. The summed E-state index contributed by atoms with van der Waals surface area (Å²) in [6, 6.07) is 0. The van der Waals surface area contributed by atoms with Crippen molar-refractivity contribution in [1.29, 1.82) is 0 Å². The van der Waals surface area contributed by atoms with Crippen molar-refractivity contribution < 1.29 is 0 Å². The zero-order valence-corrected chi connectivity index (χ0v) is 10.8. The molecule has 0 atom stereocenters. The molecule has 1 fully saturated rings. The molecule has 0 unspecified atom stereocenters. The van der Waals surface area contributed by atoms with E-state index >= 15 is 0 Å². The monoisotopic (exact) mass is 319 g/mol. The van der Waals surface area contributed by atoms with E-state index in [1.807, 2.05) is 0 Å². The fourth-order valence-corrected chi connectivity index (χ4v) is 2.48. The van der Waals surface area contributed by atoms with Crippen LogP contribution in [0, 0.1) is 0 Å². The standard InChI is InChI=1S/C9H11Br2N3/c10-7-1-3-14(4-2-7)9-8(11)5-12-6-13-9/h5-7H,1-4H2. The van der Waals surface area contributed by atoms with Crippen LogP contribution in [-0.2, 0) is 0 Å². The van der Waals surface area contributed by atoms with Crippen molar-refractivity contribution in [2.24, 2.45) is 0 Å². The Morgan fingerprint density at radius 3 is 2.71 bits per heavy atom. The zero-order valence-electron chi connectivity index (χ0n) is 7.66. The van der Waals surface area contributed by atoms with Gasteiger partial charge in [-0.15, -0.1) is 0 Å². The Labute approximate surface area is 100 Å². The van der Waals surface area contributed by atoms with E-state index in [2.05, 4.69) is 46.7 Å². The molecule has 0 spiro atoms. The van der Waals surface area contributed by atoms with Crippen molar-refractivity contribution in [2.45, 2.75) is 17.7 Å². The average Bonchev–Trinajstić information content (AvgIpc) is 2.20. The second-order valence-electron chi connectivity index (χ2n) is 3.36. The first-order valence-corrected chi connectivity index (χ1v) is 6.33. The topological polar surface area (TPSA) is 29.0 Å². The summed E-state index contributed by atoms with van der Waals surface area (Å²) in [7, 11) is 0. The van der Waals surface area contributed by atoms with E-state index in [1.54, 1.807) is 12.5 Å². The fourth-order valence-electron chi connectivity index (χ4n) is 1.60. The van der Waals surface area contributed by atoms with Crippen molar-refractivity contribution in [3.05, 3.63) is 17.0 Å². The third kappa shape index (κ3) is 2.25. The van der Waals surface area contributed by atoms with Gasteiger partial charge in [-0.25, -0.2) is 9.97 Å². The number of nitrogens with zero attached hydrogens (tertiary/aromatic N) is 3. The molecule has 1 aliphatic rings. The normalized spacial score (nSPS) is 18.6. The number of rotatable bonds is 1. The summed E-state index contributed by atoms with van der Waals surface area (Å²) in [4.78, 5) is 11.2. The number of hydrogen-bond acceptors (Lipinski definition) is 3. The molecule has 0 saturated carbocycles. The highest BCUT2D eigenvalue weighted by Crippen LogP contribution is 2.26. The predicted octanol–water partition coefficient (Wildman–Crippen LogP) is 2.60. The predicted molar refractivity (Wildman–Crippen MR) is 63.9 cm³/mol. The van der Waals surface area contributed by atoms with Gasteiger partial charge < -0.3 is 4.90 Å². The summed E-state index contributed by atoms with van der Waals surface area (Å²) >= 11 is 7.10. The zero-order chi connectivity index (χ0) is 9.97. The maximum absolute atomic E-state index is 4.28. The minimum Gasteiger partial charge on any atom is -0.356 e. The van der Waals surface area contributed by atoms with E-state index in [0.717, 1.165) is 23.4 Å². The molecule has 0 amide bonds. The van der Waals surface area contributed by atoms with Crippen LogP contribution >= 0.6 is 31.9 Å². The van der Waals surface area contributed by atoms with Gasteiger partial charge in [0.2, 0.25) is 0 Å².